The Bertz CT molecular complexity index is 204. The van der Waals surface area contributed by atoms with E-state index < -0.39 is 0 Å². The van der Waals surface area contributed by atoms with E-state index in [0.717, 1.165) is 19.0 Å². The third-order valence-electron chi connectivity index (χ3n) is 4.14. The maximum Gasteiger partial charge on any atom is 0.0446 e. The van der Waals surface area contributed by atoms with Gasteiger partial charge in [-0.25, -0.2) is 0 Å². The molecule has 94 valence electrons. The molecule has 1 aliphatic carbocycles. The van der Waals surface area contributed by atoms with E-state index >= 15 is 0 Å². The van der Waals surface area contributed by atoms with E-state index in [1.165, 1.54) is 38.6 Å². The Hall–Kier alpha value is -0.120. The van der Waals surface area contributed by atoms with Crippen LogP contribution in [0.15, 0.2) is 0 Å². The molecule has 2 unspecified atom stereocenters. The molecule has 1 aliphatic heterocycles. The fraction of sp³-hybridized carbons (Fsp3) is 1.00. The topological polar surface area (TPSA) is 35.5 Å². The van der Waals surface area contributed by atoms with E-state index in [4.69, 9.17) is 5.11 Å². The van der Waals surface area contributed by atoms with E-state index in [2.05, 4.69) is 17.1 Å². The molecule has 1 saturated heterocycles. The van der Waals surface area contributed by atoms with Gasteiger partial charge in [-0.1, -0.05) is 12.8 Å². The number of aliphatic hydroxyl groups excluding tert-OH is 1. The first-order valence-electron chi connectivity index (χ1n) is 6.90. The molecule has 3 nitrogen and oxygen atoms in total. The summed E-state index contributed by atoms with van der Waals surface area (Å²) in [5.74, 6) is 0. The van der Waals surface area contributed by atoms with Gasteiger partial charge in [0, 0.05) is 31.3 Å². The van der Waals surface area contributed by atoms with E-state index in [0.29, 0.717) is 18.7 Å². The third-order valence-corrected chi connectivity index (χ3v) is 4.14. The summed E-state index contributed by atoms with van der Waals surface area (Å²) in [6.07, 6.45) is 7.75. The SMILES string of the molecule is CC1CCN(C2CCCC2)CC(CCO)N1. The van der Waals surface area contributed by atoms with Crippen molar-refractivity contribution < 1.29 is 5.11 Å². The second-order valence-corrected chi connectivity index (χ2v) is 5.50. The van der Waals surface area contributed by atoms with E-state index in [9.17, 15) is 0 Å². The second kappa shape index (κ2) is 5.99. The summed E-state index contributed by atoms with van der Waals surface area (Å²) in [6, 6.07) is 1.92. The van der Waals surface area contributed by atoms with Crippen molar-refractivity contribution in [2.24, 2.45) is 0 Å². The minimum Gasteiger partial charge on any atom is -0.396 e. The number of aliphatic hydroxyl groups is 1. The Morgan fingerprint density at radius 3 is 2.69 bits per heavy atom. The third kappa shape index (κ3) is 3.19. The van der Waals surface area contributed by atoms with Crippen molar-refractivity contribution in [2.45, 2.75) is 63.6 Å². The van der Waals surface area contributed by atoms with Crippen LogP contribution < -0.4 is 5.32 Å². The van der Waals surface area contributed by atoms with Crippen LogP contribution in [-0.2, 0) is 0 Å². The van der Waals surface area contributed by atoms with E-state index in [1.54, 1.807) is 0 Å². The van der Waals surface area contributed by atoms with Gasteiger partial charge in [0.25, 0.3) is 0 Å². The molecule has 0 aromatic rings. The van der Waals surface area contributed by atoms with Crippen LogP contribution in [0.25, 0.3) is 0 Å². The molecule has 2 rings (SSSR count). The molecular weight excluding hydrogens is 200 g/mol. The average molecular weight is 226 g/mol. The standard InChI is InChI=1S/C13H26N2O/c1-11-6-8-15(13-4-2-3-5-13)10-12(14-11)7-9-16/h11-14,16H,2-10H2,1H3. The molecule has 0 spiro atoms. The summed E-state index contributed by atoms with van der Waals surface area (Å²) >= 11 is 0. The molecule has 2 fully saturated rings. The van der Waals surface area contributed by atoms with Crippen LogP contribution in [-0.4, -0.2) is 47.8 Å². The molecule has 2 N–H and O–H groups in total. The zero-order valence-electron chi connectivity index (χ0n) is 10.5. The van der Waals surface area contributed by atoms with Crippen LogP contribution in [0.3, 0.4) is 0 Å². The molecule has 0 aromatic carbocycles. The highest BCUT2D eigenvalue weighted by Gasteiger charge is 2.27. The molecule has 0 radical (unpaired) electrons. The predicted molar refractivity (Wildman–Crippen MR) is 66.5 cm³/mol. The molecule has 16 heavy (non-hydrogen) atoms. The zero-order valence-corrected chi connectivity index (χ0v) is 10.5. The summed E-state index contributed by atoms with van der Waals surface area (Å²) in [5.41, 5.74) is 0. The summed E-state index contributed by atoms with van der Waals surface area (Å²) in [4.78, 5) is 2.67. The smallest absolute Gasteiger partial charge is 0.0446 e. The maximum atomic E-state index is 9.09. The summed E-state index contributed by atoms with van der Waals surface area (Å²) in [6.45, 7) is 4.95. The van der Waals surface area contributed by atoms with E-state index in [-0.39, 0.29) is 0 Å². The summed E-state index contributed by atoms with van der Waals surface area (Å²) in [7, 11) is 0. The van der Waals surface area contributed by atoms with Crippen molar-refractivity contribution >= 4 is 0 Å². The molecule has 0 aromatic heterocycles. The number of nitrogens with zero attached hydrogens (tertiary/aromatic N) is 1. The van der Waals surface area contributed by atoms with Gasteiger partial charge in [-0.15, -0.1) is 0 Å². The second-order valence-electron chi connectivity index (χ2n) is 5.50. The lowest BCUT2D eigenvalue weighted by Gasteiger charge is -2.29. The van der Waals surface area contributed by atoms with Gasteiger partial charge in [-0.05, 0) is 39.2 Å². The van der Waals surface area contributed by atoms with Crippen molar-refractivity contribution in [2.75, 3.05) is 19.7 Å². The van der Waals surface area contributed by atoms with Crippen LogP contribution in [0.5, 0.6) is 0 Å². The van der Waals surface area contributed by atoms with Crippen molar-refractivity contribution in [3.63, 3.8) is 0 Å². The fourth-order valence-electron chi connectivity index (χ4n) is 3.20. The zero-order chi connectivity index (χ0) is 11.4. The number of rotatable bonds is 3. The normalized spacial score (nSPS) is 34.1. The highest BCUT2D eigenvalue weighted by atomic mass is 16.3. The summed E-state index contributed by atoms with van der Waals surface area (Å²) in [5, 5.41) is 12.7. The highest BCUT2D eigenvalue weighted by molar-refractivity contribution is 4.86. The molecule has 1 heterocycles. The predicted octanol–water partition coefficient (Wildman–Crippen LogP) is 1.36. The van der Waals surface area contributed by atoms with Crippen molar-refractivity contribution in [3.05, 3.63) is 0 Å². The van der Waals surface area contributed by atoms with Gasteiger partial charge in [-0.3, -0.25) is 4.90 Å². The number of hydrogen-bond acceptors (Lipinski definition) is 3. The Morgan fingerprint density at radius 1 is 1.25 bits per heavy atom. The molecule has 3 heteroatoms. The molecule has 1 saturated carbocycles. The lowest BCUT2D eigenvalue weighted by molar-refractivity contribution is 0.180. The van der Waals surface area contributed by atoms with Crippen LogP contribution in [0.2, 0.25) is 0 Å². The fourth-order valence-corrected chi connectivity index (χ4v) is 3.20. The monoisotopic (exact) mass is 226 g/mol. The van der Waals surface area contributed by atoms with Gasteiger partial charge >= 0.3 is 0 Å². The quantitative estimate of drug-likeness (QED) is 0.763. The van der Waals surface area contributed by atoms with Gasteiger partial charge in [0.15, 0.2) is 0 Å². The van der Waals surface area contributed by atoms with Gasteiger partial charge in [0.1, 0.15) is 0 Å². The lowest BCUT2D eigenvalue weighted by Crippen LogP contribution is -2.43. The minimum absolute atomic E-state index is 0.308. The van der Waals surface area contributed by atoms with E-state index in [1.807, 2.05) is 0 Å². The number of nitrogens with one attached hydrogen (secondary N) is 1. The first kappa shape index (κ1) is 12.3. The highest BCUT2D eigenvalue weighted by Crippen LogP contribution is 2.25. The first-order chi connectivity index (χ1) is 7.79. The molecular formula is C13H26N2O. The van der Waals surface area contributed by atoms with Crippen LogP contribution in [0, 0.1) is 0 Å². The Morgan fingerprint density at radius 2 is 2.00 bits per heavy atom. The van der Waals surface area contributed by atoms with Crippen molar-refractivity contribution in [1.82, 2.24) is 10.2 Å². The van der Waals surface area contributed by atoms with Crippen molar-refractivity contribution in [1.29, 1.82) is 0 Å². The Balaban J connectivity index is 1.91. The molecule has 2 aliphatic rings. The Kier molecular flexibility index (Phi) is 4.62. The summed E-state index contributed by atoms with van der Waals surface area (Å²) < 4.78 is 0. The molecule has 0 bridgehead atoms. The Labute approximate surface area is 99.2 Å². The average Bonchev–Trinajstić information content (AvgIpc) is 2.71. The van der Waals surface area contributed by atoms with Gasteiger partial charge in [-0.2, -0.15) is 0 Å². The number of hydrogen-bond donors (Lipinski definition) is 2. The lowest BCUT2D eigenvalue weighted by atomic mass is 10.1. The minimum atomic E-state index is 0.308. The van der Waals surface area contributed by atoms with Gasteiger partial charge in [0.2, 0.25) is 0 Å². The molecule has 2 atom stereocenters. The van der Waals surface area contributed by atoms with Gasteiger partial charge in [0.05, 0.1) is 0 Å². The molecule has 0 amide bonds. The van der Waals surface area contributed by atoms with Crippen molar-refractivity contribution in [3.8, 4) is 0 Å². The van der Waals surface area contributed by atoms with Crippen LogP contribution in [0.1, 0.15) is 45.4 Å². The first-order valence-corrected chi connectivity index (χ1v) is 6.90. The largest absolute Gasteiger partial charge is 0.396 e. The van der Waals surface area contributed by atoms with Gasteiger partial charge < -0.3 is 10.4 Å². The van der Waals surface area contributed by atoms with Crippen LogP contribution >= 0.6 is 0 Å². The maximum absolute atomic E-state index is 9.09. The van der Waals surface area contributed by atoms with Crippen LogP contribution in [0.4, 0.5) is 0 Å².